The molecule has 0 aliphatic heterocycles. The predicted molar refractivity (Wildman–Crippen MR) is 88.3 cm³/mol. The van der Waals surface area contributed by atoms with E-state index in [-0.39, 0.29) is 0 Å². The number of ether oxygens (including phenoxy) is 1. The molecule has 0 aliphatic rings. The third kappa shape index (κ3) is 4.46. The molecule has 1 N–H and O–H groups in total. The molecule has 1 aromatic heterocycles. The van der Waals surface area contributed by atoms with Crippen molar-refractivity contribution in [1.82, 2.24) is 4.98 Å². The molecule has 0 atom stereocenters. The Morgan fingerprint density at radius 1 is 1.26 bits per heavy atom. The maximum atomic E-state index is 11.9. The number of benzene rings is 1. The Balaban J connectivity index is 2.41. The van der Waals surface area contributed by atoms with E-state index in [0.717, 1.165) is 5.56 Å². The maximum absolute atomic E-state index is 11.9. The van der Waals surface area contributed by atoms with Gasteiger partial charge in [0.2, 0.25) is 0 Å². The molecule has 2 rings (SSSR count). The first-order chi connectivity index (χ1) is 10.9. The molecule has 0 spiro atoms. The molecule has 0 unspecified atom stereocenters. The molecule has 0 saturated heterocycles. The predicted octanol–water partition coefficient (Wildman–Crippen LogP) is 5.04. The smallest absolute Gasteiger partial charge is 0.412 e. The molecule has 7 nitrogen and oxygen atoms in total. The summed E-state index contributed by atoms with van der Waals surface area (Å²) < 4.78 is 5.21. The Morgan fingerprint density at radius 2 is 1.96 bits per heavy atom. The average Bonchev–Trinajstić information content (AvgIpc) is 2.48. The van der Waals surface area contributed by atoms with Crippen molar-refractivity contribution >= 4 is 17.5 Å². The summed E-state index contributed by atoms with van der Waals surface area (Å²) in [4.78, 5) is 18.9. The van der Waals surface area contributed by atoms with Gasteiger partial charge in [0.05, 0.1) is 17.6 Å². The Bertz CT molecular complexity index is 747. The Kier molecular flexibility index (Phi) is 4.83. The summed E-state index contributed by atoms with van der Waals surface area (Å²) in [6.07, 6.45) is 2.36. The SMILES string of the molecule is CC(C)(C)OC(=O)Nc1cncc(-c2ccccc2)c1N=[N+]=[N-]. The molecule has 0 radical (unpaired) electrons. The van der Waals surface area contributed by atoms with Gasteiger partial charge >= 0.3 is 6.09 Å². The highest BCUT2D eigenvalue weighted by molar-refractivity contribution is 5.93. The third-order valence-electron chi connectivity index (χ3n) is 2.78. The minimum atomic E-state index is -0.640. The van der Waals surface area contributed by atoms with Crippen LogP contribution in [0.2, 0.25) is 0 Å². The number of nitrogens with one attached hydrogen (secondary N) is 1. The van der Waals surface area contributed by atoms with E-state index in [0.29, 0.717) is 16.9 Å². The van der Waals surface area contributed by atoms with Gasteiger partial charge in [0.15, 0.2) is 0 Å². The van der Waals surface area contributed by atoms with Gasteiger partial charge in [-0.3, -0.25) is 10.3 Å². The van der Waals surface area contributed by atoms with Crippen molar-refractivity contribution in [3.8, 4) is 11.1 Å². The lowest BCUT2D eigenvalue weighted by atomic mass is 10.1. The van der Waals surface area contributed by atoms with Gasteiger partial charge < -0.3 is 4.74 Å². The van der Waals surface area contributed by atoms with Gasteiger partial charge in [-0.25, -0.2) is 4.79 Å². The van der Waals surface area contributed by atoms with Crippen LogP contribution >= 0.6 is 0 Å². The Hall–Kier alpha value is -3.05. The van der Waals surface area contributed by atoms with E-state index in [4.69, 9.17) is 10.3 Å². The number of amides is 1. The zero-order valence-corrected chi connectivity index (χ0v) is 13.1. The largest absolute Gasteiger partial charge is 0.444 e. The highest BCUT2D eigenvalue weighted by Gasteiger charge is 2.18. The van der Waals surface area contributed by atoms with Crippen LogP contribution in [0.3, 0.4) is 0 Å². The van der Waals surface area contributed by atoms with Crippen molar-refractivity contribution in [3.63, 3.8) is 0 Å². The first-order valence-corrected chi connectivity index (χ1v) is 6.99. The fourth-order valence-electron chi connectivity index (χ4n) is 1.94. The highest BCUT2D eigenvalue weighted by Crippen LogP contribution is 2.36. The lowest BCUT2D eigenvalue weighted by molar-refractivity contribution is 0.0636. The summed E-state index contributed by atoms with van der Waals surface area (Å²) in [6, 6.07) is 9.34. The van der Waals surface area contributed by atoms with Gasteiger partial charge in [-0.05, 0) is 31.9 Å². The van der Waals surface area contributed by atoms with Crippen LogP contribution in [0, 0.1) is 0 Å². The fraction of sp³-hybridized carbons (Fsp3) is 0.250. The van der Waals surface area contributed by atoms with Gasteiger partial charge in [0.1, 0.15) is 5.60 Å². The maximum Gasteiger partial charge on any atom is 0.412 e. The second-order valence-corrected chi connectivity index (χ2v) is 5.77. The van der Waals surface area contributed by atoms with Crippen LogP contribution in [0.5, 0.6) is 0 Å². The summed E-state index contributed by atoms with van der Waals surface area (Å²) in [5.74, 6) is 0. The first-order valence-electron chi connectivity index (χ1n) is 6.99. The number of pyridine rings is 1. The molecule has 0 saturated carbocycles. The molecule has 1 aromatic carbocycles. The molecule has 1 heterocycles. The van der Waals surface area contributed by atoms with Crippen LogP contribution in [-0.2, 0) is 4.74 Å². The van der Waals surface area contributed by atoms with Crippen LogP contribution in [0.1, 0.15) is 20.8 Å². The normalized spacial score (nSPS) is 10.6. The molecule has 7 heteroatoms. The Morgan fingerprint density at radius 3 is 2.57 bits per heavy atom. The van der Waals surface area contributed by atoms with Crippen LogP contribution in [0.15, 0.2) is 47.8 Å². The van der Waals surface area contributed by atoms with Crippen molar-refractivity contribution in [1.29, 1.82) is 0 Å². The highest BCUT2D eigenvalue weighted by atomic mass is 16.6. The van der Waals surface area contributed by atoms with Gasteiger partial charge in [-0.2, -0.15) is 0 Å². The number of azide groups is 1. The van der Waals surface area contributed by atoms with E-state index in [1.54, 1.807) is 27.0 Å². The molecule has 118 valence electrons. The minimum Gasteiger partial charge on any atom is -0.444 e. The molecular weight excluding hydrogens is 294 g/mol. The standard InChI is InChI=1S/C16H17N5O2/c1-16(2,3)23-15(22)19-13-10-18-9-12(14(13)20-21-17)11-7-5-4-6-8-11/h4-10H,1-3H3,(H,19,22). The molecular formula is C16H17N5O2. The number of rotatable bonds is 3. The van der Waals surface area contributed by atoms with E-state index in [1.165, 1.54) is 6.20 Å². The summed E-state index contributed by atoms with van der Waals surface area (Å²) >= 11 is 0. The van der Waals surface area contributed by atoms with E-state index in [9.17, 15) is 4.79 Å². The van der Waals surface area contributed by atoms with Crippen LogP contribution in [0.25, 0.3) is 21.6 Å². The number of hydrogen-bond acceptors (Lipinski definition) is 4. The molecule has 0 aliphatic carbocycles. The number of carbonyl (C=O) groups is 1. The second kappa shape index (κ2) is 6.81. The fourth-order valence-corrected chi connectivity index (χ4v) is 1.94. The van der Waals surface area contributed by atoms with Gasteiger partial charge in [0.25, 0.3) is 0 Å². The second-order valence-electron chi connectivity index (χ2n) is 5.77. The van der Waals surface area contributed by atoms with Crippen molar-refractivity contribution < 1.29 is 9.53 Å². The van der Waals surface area contributed by atoms with Crippen LogP contribution in [0.4, 0.5) is 16.2 Å². The van der Waals surface area contributed by atoms with Crippen molar-refractivity contribution in [2.24, 2.45) is 5.11 Å². The van der Waals surface area contributed by atoms with Gasteiger partial charge in [-0.15, -0.1) is 0 Å². The number of hydrogen-bond donors (Lipinski definition) is 1. The van der Waals surface area contributed by atoms with E-state index in [1.807, 2.05) is 30.3 Å². The summed E-state index contributed by atoms with van der Waals surface area (Å²) in [5, 5.41) is 6.28. The average molecular weight is 311 g/mol. The number of aromatic nitrogens is 1. The zero-order chi connectivity index (χ0) is 16.9. The van der Waals surface area contributed by atoms with Crippen LogP contribution in [-0.4, -0.2) is 16.7 Å². The van der Waals surface area contributed by atoms with Gasteiger partial charge in [-0.1, -0.05) is 35.4 Å². The lowest BCUT2D eigenvalue weighted by Gasteiger charge is -2.20. The van der Waals surface area contributed by atoms with Crippen molar-refractivity contribution in [2.45, 2.75) is 26.4 Å². The Labute approximate surface area is 133 Å². The molecule has 0 bridgehead atoms. The minimum absolute atomic E-state index is 0.290. The molecule has 0 fully saturated rings. The monoisotopic (exact) mass is 311 g/mol. The lowest BCUT2D eigenvalue weighted by Crippen LogP contribution is -2.27. The number of carbonyl (C=O) groups excluding carboxylic acids is 1. The van der Waals surface area contributed by atoms with Crippen LogP contribution < -0.4 is 5.32 Å². The topological polar surface area (TPSA) is 100.0 Å². The zero-order valence-electron chi connectivity index (χ0n) is 13.1. The number of anilines is 1. The van der Waals surface area contributed by atoms with Gasteiger partial charge in [0, 0.05) is 16.7 Å². The summed E-state index contributed by atoms with van der Waals surface area (Å²) in [7, 11) is 0. The van der Waals surface area contributed by atoms with Crippen molar-refractivity contribution in [3.05, 3.63) is 53.2 Å². The quantitative estimate of drug-likeness (QED) is 0.488. The third-order valence-corrected chi connectivity index (χ3v) is 2.78. The molecule has 23 heavy (non-hydrogen) atoms. The van der Waals surface area contributed by atoms with E-state index >= 15 is 0 Å². The summed E-state index contributed by atoms with van der Waals surface area (Å²) in [5.41, 5.74) is 10.2. The first kappa shape index (κ1) is 16.3. The van der Waals surface area contributed by atoms with Crippen molar-refractivity contribution in [2.75, 3.05) is 5.32 Å². The summed E-state index contributed by atoms with van der Waals surface area (Å²) in [6.45, 7) is 5.29. The van der Waals surface area contributed by atoms with E-state index < -0.39 is 11.7 Å². The number of nitrogens with zero attached hydrogens (tertiary/aromatic N) is 4. The molecule has 2 aromatic rings. The molecule has 1 amide bonds. The van der Waals surface area contributed by atoms with E-state index in [2.05, 4.69) is 20.3 Å².